The molecule has 5 nitrogen and oxygen atoms in total. The Hall–Kier alpha value is -1.78. The number of nitrogens with two attached hydrogens (primary N) is 1. The van der Waals surface area contributed by atoms with Gasteiger partial charge in [0.2, 0.25) is 5.91 Å². The van der Waals surface area contributed by atoms with Crippen molar-refractivity contribution in [1.82, 2.24) is 5.32 Å². The van der Waals surface area contributed by atoms with Crippen molar-refractivity contribution in [2.45, 2.75) is 33.7 Å². The number of primary amides is 1. The average Bonchev–Trinajstić information content (AvgIpc) is 2.29. The summed E-state index contributed by atoms with van der Waals surface area (Å²) in [5.41, 5.74) is 5.24. The fraction of sp³-hybridized carbons (Fsp3) is 0.571. The van der Waals surface area contributed by atoms with Crippen LogP contribution in [-0.2, 0) is 9.53 Å². The smallest absolute Gasteiger partial charge is 0.408 e. The first kappa shape index (κ1) is 17.2. The Balaban J connectivity index is 4.26. The molecule has 0 aliphatic heterocycles. The van der Waals surface area contributed by atoms with Crippen molar-refractivity contribution in [3.05, 3.63) is 24.8 Å². The summed E-state index contributed by atoms with van der Waals surface area (Å²) in [6.45, 7) is 11.6. The van der Waals surface area contributed by atoms with Gasteiger partial charge in [0.1, 0.15) is 12.6 Å². The Bertz CT molecular complexity index is 356. The summed E-state index contributed by atoms with van der Waals surface area (Å²) >= 11 is 0. The summed E-state index contributed by atoms with van der Waals surface area (Å²) in [7, 11) is 0. The fourth-order valence-electron chi connectivity index (χ4n) is 1.29. The molecule has 0 aromatic carbocycles. The number of hydrogen-bond acceptors (Lipinski definition) is 3. The summed E-state index contributed by atoms with van der Waals surface area (Å²) in [5, 5.41) is 2.42. The van der Waals surface area contributed by atoms with E-state index in [1.807, 2.05) is 26.8 Å². The predicted octanol–water partition coefficient (Wildman–Crippen LogP) is 1.99. The third kappa shape index (κ3) is 8.02. The maximum Gasteiger partial charge on any atom is 0.408 e. The first-order valence-corrected chi connectivity index (χ1v) is 6.20. The van der Waals surface area contributed by atoms with Gasteiger partial charge in [-0.3, -0.25) is 4.79 Å². The molecule has 0 aliphatic rings. The Labute approximate surface area is 114 Å². The normalized spacial score (nSPS) is 14.7. The van der Waals surface area contributed by atoms with Gasteiger partial charge < -0.3 is 15.8 Å². The van der Waals surface area contributed by atoms with Gasteiger partial charge in [-0.25, -0.2) is 4.79 Å². The lowest BCUT2D eigenvalue weighted by Gasteiger charge is -2.19. The standard InChI is InChI=1S/C14H24N2O3/c1-6-10(2)11(12(15)17)16-13(18)19-9-7-8-14(3,4)5/h6-8,10-11H,1,9H2,2-5H3,(H2,15,17)(H,16,18). The SMILES string of the molecule is C=CC(C)C(NC(=O)OCC=CC(C)(C)C)C(N)=O. The molecule has 0 rings (SSSR count). The Morgan fingerprint density at radius 3 is 2.42 bits per heavy atom. The molecule has 5 heteroatoms. The number of alkyl carbamates (subject to hydrolysis) is 1. The molecule has 0 fully saturated rings. The molecule has 0 aromatic rings. The topological polar surface area (TPSA) is 81.4 Å². The highest BCUT2D eigenvalue weighted by Gasteiger charge is 2.23. The van der Waals surface area contributed by atoms with Crippen molar-refractivity contribution in [1.29, 1.82) is 0 Å². The van der Waals surface area contributed by atoms with Crippen LogP contribution in [0.2, 0.25) is 0 Å². The molecule has 0 aromatic heterocycles. The highest BCUT2D eigenvalue weighted by atomic mass is 16.5. The molecule has 0 radical (unpaired) electrons. The molecule has 108 valence electrons. The number of carbonyl (C=O) groups excluding carboxylic acids is 2. The summed E-state index contributed by atoms with van der Waals surface area (Å²) in [6.07, 6.45) is 4.58. The minimum atomic E-state index is -0.809. The number of nitrogens with one attached hydrogen (secondary N) is 1. The molecule has 0 spiro atoms. The third-order valence-electron chi connectivity index (χ3n) is 2.41. The first-order chi connectivity index (χ1) is 8.67. The van der Waals surface area contributed by atoms with E-state index in [0.717, 1.165) is 0 Å². The van der Waals surface area contributed by atoms with E-state index >= 15 is 0 Å². The van der Waals surface area contributed by atoms with Crippen LogP contribution in [0, 0.1) is 11.3 Å². The Morgan fingerprint density at radius 2 is 2.00 bits per heavy atom. The molecular formula is C14H24N2O3. The molecule has 3 N–H and O–H groups in total. The second-order valence-electron chi connectivity index (χ2n) is 5.49. The van der Waals surface area contributed by atoms with E-state index in [-0.39, 0.29) is 17.9 Å². The maximum absolute atomic E-state index is 11.5. The zero-order valence-corrected chi connectivity index (χ0v) is 12.1. The van der Waals surface area contributed by atoms with E-state index in [2.05, 4.69) is 11.9 Å². The largest absolute Gasteiger partial charge is 0.445 e. The second-order valence-corrected chi connectivity index (χ2v) is 5.49. The third-order valence-corrected chi connectivity index (χ3v) is 2.41. The van der Waals surface area contributed by atoms with Crippen LogP contribution in [0.5, 0.6) is 0 Å². The average molecular weight is 268 g/mol. The first-order valence-electron chi connectivity index (χ1n) is 6.20. The summed E-state index contributed by atoms with van der Waals surface area (Å²) < 4.78 is 4.93. The monoisotopic (exact) mass is 268 g/mol. The molecule has 0 heterocycles. The van der Waals surface area contributed by atoms with E-state index in [0.29, 0.717) is 0 Å². The van der Waals surface area contributed by atoms with E-state index in [1.165, 1.54) is 0 Å². The highest BCUT2D eigenvalue weighted by Crippen LogP contribution is 2.14. The van der Waals surface area contributed by atoms with E-state index < -0.39 is 18.0 Å². The highest BCUT2D eigenvalue weighted by molar-refractivity contribution is 5.84. The van der Waals surface area contributed by atoms with Crippen molar-refractivity contribution >= 4 is 12.0 Å². The molecule has 0 saturated carbocycles. The molecule has 2 amide bonds. The zero-order chi connectivity index (χ0) is 15.1. The number of carbonyl (C=O) groups is 2. The van der Waals surface area contributed by atoms with Crippen molar-refractivity contribution in [3.8, 4) is 0 Å². The fourth-order valence-corrected chi connectivity index (χ4v) is 1.29. The number of rotatable bonds is 6. The van der Waals surface area contributed by atoms with Crippen LogP contribution in [-0.4, -0.2) is 24.6 Å². The van der Waals surface area contributed by atoms with E-state index in [4.69, 9.17) is 10.5 Å². The summed E-state index contributed by atoms with van der Waals surface area (Å²) in [4.78, 5) is 22.7. The van der Waals surface area contributed by atoms with Gasteiger partial charge in [0.05, 0.1) is 0 Å². The van der Waals surface area contributed by atoms with Crippen LogP contribution in [0.15, 0.2) is 24.8 Å². The van der Waals surface area contributed by atoms with Crippen LogP contribution in [0.25, 0.3) is 0 Å². The number of hydrogen-bond donors (Lipinski definition) is 2. The van der Waals surface area contributed by atoms with Gasteiger partial charge in [0.25, 0.3) is 0 Å². The molecule has 2 unspecified atom stereocenters. The molecule has 2 atom stereocenters. The van der Waals surface area contributed by atoms with Gasteiger partial charge in [-0.1, -0.05) is 45.9 Å². The minimum absolute atomic E-state index is 0.0347. The number of amides is 2. The van der Waals surface area contributed by atoms with Crippen LogP contribution >= 0.6 is 0 Å². The van der Waals surface area contributed by atoms with Gasteiger partial charge >= 0.3 is 6.09 Å². The molecule has 0 aliphatic carbocycles. The summed E-state index contributed by atoms with van der Waals surface area (Å²) in [6, 6.07) is -0.809. The Morgan fingerprint density at radius 1 is 1.42 bits per heavy atom. The Kier molecular flexibility index (Phi) is 6.90. The minimum Gasteiger partial charge on any atom is -0.445 e. The van der Waals surface area contributed by atoms with Crippen molar-refractivity contribution in [2.24, 2.45) is 17.1 Å². The molecular weight excluding hydrogens is 244 g/mol. The van der Waals surface area contributed by atoms with Gasteiger partial charge in [0, 0.05) is 5.92 Å². The molecule has 0 saturated heterocycles. The van der Waals surface area contributed by atoms with Crippen molar-refractivity contribution < 1.29 is 14.3 Å². The van der Waals surface area contributed by atoms with Crippen LogP contribution in [0.3, 0.4) is 0 Å². The van der Waals surface area contributed by atoms with Crippen molar-refractivity contribution in [3.63, 3.8) is 0 Å². The van der Waals surface area contributed by atoms with Gasteiger partial charge in [-0.05, 0) is 5.41 Å². The van der Waals surface area contributed by atoms with Gasteiger partial charge in [-0.15, -0.1) is 6.58 Å². The van der Waals surface area contributed by atoms with Gasteiger partial charge in [-0.2, -0.15) is 0 Å². The number of ether oxygens (including phenoxy) is 1. The van der Waals surface area contributed by atoms with E-state index in [9.17, 15) is 9.59 Å². The lowest BCUT2D eigenvalue weighted by molar-refractivity contribution is -0.120. The lowest BCUT2D eigenvalue weighted by atomic mass is 9.96. The lowest BCUT2D eigenvalue weighted by Crippen LogP contribution is -2.48. The van der Waals surface area contributed by atoms with Crippen molar-refractivity contribution in [2.75, 3.05) is 6.61 Å². The summed E-state index contributed by atoms with van der Waals surface area (Å²) in [5.74, 6) is -0.871. The quantitative estimate of drug-likeness (QED) is 0.723. The van der Waals surface area contributed by atoms with Crippen LogP contribution in [0.1, 0.15) is 27.7 Å². The van der Waals surface area contributed by atoms with Crippen LogP contribution < -0.4 is 11.1 Å². The predicted molar refractivity (Wildman–Crippen MR) is 75.4 cm³/mol. The zero-order valence-electron chi connectivity index (χ0n) is 12.1. The maximum atomic E-state index is 11.5. The van der Waals surface area contributed by atoms with E-state index in [1.54, 1.807) is 19.1 Å². The second kappa shape index (κ2) is 7.61. The molecule has 0 bridgehead atoms. The molecule has 19 heavy (non-hydrogen) atoms. The van der Waals surface area contributed by atoms with Gasteiger partial charge in [0.15, 0.2) is 0 Å². The van der Waals surface area contributed by atoms with Crippen LogP contribution in [0.4, 0.5) is 4.79 Å². The number of allylic oxidation sites excluding steroid dienone is 1.